The van der Waals surface area contributed by atoms with Gasteiger partial charge in [0.05, 0.1) is 27.8 Å². The Morgan fingerprint density at radius 3 is 1.55 bits per heavy atom. The Morgan fingerprint density at radius 2 is 1.11 bits per heavy atom. The molecule has 16 nitrogen and oxygen atoms in total. The zero-order valence-electron chi connectivity index (χ0n) is 39.7. The maximum Gasteiger partial charge on any atom is 0.323 e. The van der Waals surface area contributed by atoms with E-state index < -0.39 is 36.2 Å². The van der Waals surface area contributed by atoms with Crippen LogP contribution in [-0.4, -0.2) is 79.9 Å². The predicted molar refractivity (Wildman–Crippen MR) is 268 cm³/mol. The smallest absolute Gasteiger partial charge is 0.323 e. The van der Waals surface area contributed by atoms with Gasteiger partial charge in [-0.15, -0.1) is 0 Å². The molecule has 18 heteroatoms. The summed E-state index contributed by atoms with van der Waals surface area (Å²) in [4.78, 5) is 36.1. The number of carboxylic acids is 2. The molecule has 4 aromatic carbocycles. The second kappa shape index (κ2) is 25.1. The molecule has 2 aromatic heterocycles. The first-order valence-electron chi connectivity index (χ1n) is 22.4. The summed E-state index contributed by atoms with van der Waals surface area (Å²) >= 11 is 13.6. The number of carbonyl (C=O) groups is 2. The van der Waals surface area contributed by atoms with Gasteiger partial charge in [0, 0.05) is 91.1 Å². The van der Waals surface area contributed by atoms with E-state index in [1.807, 2.05) is 56.3 Å². The van der Waals surface area contributed by atoms with Gasteiger partial charge in [0.25, 0.3) is 0 Å². The Labute approximate surface area is 421 Å². The van der Waals surface area contributed by atoms with Crippen LogP contribution in [0.1, 0.15) is 69.5 Å². The average Bonchev–Trinajstić information content (AvgIpc) is 3.33. The zero-order chi connectivity index (χ0) is 51.2. The topological polar surface area (TPSA) is 238 Å². The fourth-order valence-corrected chi connectivity index (χ4v) is 8.10. The Bertz CT molecular complexity index is 2930. The van der Waals surface area contributed by atoms with Crippen molar-refractivity contribution in [1.29, 1.82) is 5.26 Å². The van der Waals surface area contributed by atoms with Crippen LogP contribution in [0.15, 0.2) is 103 Å². The van der Waals surface area contributed by atoms with Gasteiger partial charge in [0.1, 0.15) is 67.6 Å². The van der Waals surface area contributed by atoms with E-state index in [1.165, 1.54) is 20.0 Å². The highest BCUT2D eigenvalue weighted by molar-refractivity contribution is 6.32. The molecule has 0 unspecified atom stereocenters. The van der Waals surface area contributed by atoms with Crippen molar-refractivity contribution in [3.63, 3.8) is 0 Å². The maximum atomic E-state index is 11.8. The lowest BCUT2D eigenvalue weighted by atomic mass is 9.92. The molecule has 0 aliphatic carbocycles. The van der Waals surface area contributed by atoms with E-state index in [1.54, 1.807) is 62.2 Å². The maximum absolute atomic E-state index is 11.8. The number of nitrogens with zero attached hydrogens (tertiary/aromatic N) is 4. The van der Waals surface area contributed by atoms with Gasteiger partial charge in [-0.05, 0) is 85.3 Å². The van der Waals surface area contributed by atoms with E-state index in [0.29, 0.717) is 45.3 Å². The van der Waals surface area contributed by atoms with Crippen LogP contribution in [0.5, 0.6) is 23.0 Å². The van der Waals surface area contributed by atoms with Crippen molar-refractivity contribution in [2.75, 3.05) is 7.05 Å². The normalized spacial score (nSPS) is 13.0. The van der Waals surface area contributed by atoms with Crippen molar-refractivity contribution in [1.82, 2.24) is 20.6 Å². The third-order valence-corrected chi connectivity index (χ3v) is 12.1. The van der Waals surface area contributed by atoms with Crippen molar-refractivity contribution in [2.24, 2.45) is 4.99 Å². The summed E-state index contributed by atoms with van der Waals surface area (Å²) in [5, 5.41) is 55.1. The summed E-state index contributed by atoms with van der Waals surface area (Å²) in [6, 6.07) is 21.6. The van der Waals surface area contributed by atoms with Gasteiger partial charge in [-0.3, -0.25) is 35.2 Å². The summed E-state index contributed by atoms with van der Waals surface area (Å²) in [5.74, 6) is -1.04. The number of aliphatic hydroxyl groups is 2. The fourth-order valence-electron chi connectivity index (χ4n) is 7.62. The number of aliphatic hydroxyl groups excluding tert-OH is 2. The summed E-state index contributed by atoms with van der Waals surface area (Å²) in [7, 11) is 1.67. The number of pyridine rings is 2. The molecule has 0 radical (unpaired) electrons. The number of ether oxygens (including phenoxy) is 4. The molecular formula is C53H54Cl2N6O10. The number of nitriles is 1. The van der Waals surface area contributed by atoms with E-state index in [2.05, 4.69) is 31.7 Å². The highest BCUT2D eigenvalue weighted by Crippen LogP contribution is 2.37. The Balaban J connectivity index is 1.21. The molecule has 2 heterocycles. The molecule has 71 heavy (non-hydrogen) atoms. The van der Waals surface area contributed by atoms with Gasteiger partial charge in [-0.25, -0.2) is 0 Å². The molecular weight excluding hydrogens is 952 g/mol. The largest absolute Gasteiger partial charge is 0.488 e. The van der Waals surface area contributed by atoms with Gasteiger partial charge in [0.2, 0.25) is 0 Å². The minimum Gasteiger partial charge on any atom is -0.488 e. The molecule has 0 saturated heterocycles. The molecule has 0 saturated carbocycles. The second-order valence-corrected chi connectivity index (χ2v) is 17.5. The molecule has 6 aromatic rings. The van der Waals surface area contributed by atoms with E-state index in [4.69, 9.17) is 42.1 Å². The third-order valence-electron chi connectivity index (χ3n) is 11.5. The molecule has 6 rings (SSSR count). The van der Waals surface area contributed by atoms with E-state index in [9.17, 15) is 35.3 Å². The number of aromatic nitrogens is 2. The molecule has 0 fully saturated rings. The minimum absolute atomic E-state index is 0.00365. The monoisotopic (exact) mass is 1000 g/mol. The minimum atomic E-state index is -1.25. The molecule has 0 aliphatic heterocycles. The first kappa shape index (κ1) is 53.3. The number of nitrogens with one attached hydrogen (secondary N) is 2. The number of carboxylic acid groups (broad SMARTS) is 2. The summed E-state index contributed by atoms with van der Waals surface area (Å²) in [6.07, 6.45) is 5.71. The van der Waals surface area contributed by atoms with E-state index in [-0.39, 0.29) is 49.6 Å². The Kier molecular flexibility index (Phi) is 18.9. The van der Waals surface area contributed by atoms with Crippen molar-refractivity contribution in [3.05, 3.63) is 163 Å². The first-order chi connectivity index (χ1) is 34.1. The van der Waals surface area contributed by atoms with Crippen LogP contribution in [0, 0.1) is 25.2 Å². The number of halogens is 2. The lowest BCUT2D eigenvalue weighted by Gasteiger charge is -2.20. The molecule has 6 N–H and O–H groups in total. The van der Waals surface area contributed by atoms with Gasteiger partial charge < -0.3 is 39.4 Å². The summed E-state index contributed by atoms with van der Waals surface area (Å²) in [5.41, 5.74) is 9.26. The highest BCUT2D eigenvalue weighted by atomic mass is 35.5. The van der Waals surface area contributed by atoms with Crippen LogP contribution < -0.4 is 29.6 Å². The standard InChI is InChI=1S/C53H54Cl2N6O10/c1-30-38(28-70-48-16-46(68-26-36-12-34(18-56)20-58-22-36)40(14-44(48)54)24-60-50(32(3)62)52(64)65)8-6-10-42(30)43-11-7-9-39(31(43)2)29-71-49-17-47(69-27-37-13-35(19-57-5)21-59-23-37)41(15-45(49)55)25-61-51(33(4)63)53(66)67/h6-17,19-23,32-33,50-51,60-63H,24-29H2,1-5H3,(H,64,65)(H,66,67)/b57-19+/t32-,33-,50-,51-/m1/s1. The Hall–Kier alpha value is -7.10. The van der Waals surface area contributed by atoms with Gasteiger partial charge in [0.15, 0.2) is 0 Å². The van der Waals surface area contributed by atoms with Crippen molar-refractivity contribution in [2.45, 2.75) is 91.5 Å². The molecule has 4 atom stereocenters. The molecule has 0 aliphatic rings. The molecule has 0 amide bonds. The van der Waals surface area contributed by atoms with Gasteiger partial charge in [-0.2, -0.15) is 5.26 Å². The summed E-state index contributed by atoms with van der Waals surface area (Å²) < 4.78 is 25.2. The van der Waals surface area contributed by atoms with Crippen molar-refractivity contribution < 1.29 is 49.0 Å². The highest BCUT2D eigenvalue weighted by Gasteiger charge is 2.25. The van der Waals surface area contributed by atoms with Gasteiger partial charge >= 0.3 is 11.9 Å². The van der Waals surface area contributed by atoms with Crippen LogP contribution in [0.4, 0.5) is 0 Å². The quantitative estimate of drug-likeness (QED) is 0.0314. The molecule has 0 spiro atoms. The molecule has 370 valence electrons. The van der Waals surface area contributed by atoms with Crippen molar-refractivity contribution in [3.8, 4) is 40.2 Å². The van der Waals surface area contributed by atoms with Gasteiger partial charge in [-0.1, -0.05) is 59.6 Å². The summed E-state index contributed by atoms with van der Waals surface area (Å²) in [6.45, 7) is 7.26. The number of aliphatic carboxylic acids is 2. The average molecular weight is 1010 g/mol. The van der Waals surface area contributed by atoms with Crippen LogP contribution in [0.3, 0.4) is 0 Å². The SMILES string of the molecule is C/N=C/c1cncc(COc2cc(OCc3cccc(-c4cccc(COc5cc(OCc6cncc(C#N)c6)c(CN[C@@H](C(=O)O)[C@@H](C)O)cc5Cl)c4C)c3C)c(Cl)cc2CN[C@@H](C(=O)O)[C@@H](C)O)c1. The number of benzene rings is 4. The second-order valence-electron chi connectivity index (χ2n) is 16.7. The number of rotatable bonds is 24. The van der Waals surface area contributed by atoms with Crippen LogP contribution in [0.25, 0.3) is 11.1 Å². The number of hydrogen-bond acceptors (Lipinski definition) is 14. The van der Waals surface area contributed by atoms with Crippen LogP contribution in [-0.2, 0) is 49.1 Å². The fraction of sp³-hybridized carbons (Fsp3) is 0.283. The first-order valence-corrected chi connectivity index (χ1v) is 23.1. The lowest BCUT2D eigenvalue weighted by Crippen LogP contribution is -2.44. The zero-order valence-corrected chi connectivity index (χ0v) is 41.2. The van der Waals surface area contributed by atoms with E-state index >= 15 is 0 Å². The number of hydrogen-bond donors (Lipinski definition) is 6. The van der Waals surface area contributed by atoms with Crippen molar-refractivity contribution >= 4 is 41.4 Å². The number of aliphatic imine (C=N–C) groups is 1. The Morgan fingerprint density at radius 1 is 0.662 bits per heavy atom. The predicted octanol–water partition coefficient (Wildman–Crippen LogP) is 8.15. The lowest BCUT2D eigenvalue weighted by molar-refractivity contribution is -0.143. The molecule has 0 bridgehead atoms. The van der Waals surface area contributed by atoms with Crippen LogP contribution >= 0.6 is 23.2 Å². The third kappa shape index (κ3) is 14.3. The van der Waals surface area contributed by atoms with E-state index in [0.717, 1.165) is 44.5 Å². The van der Waals surface area contributed by atoms with Crippen LogP contribution in [0.2, 0.25) is 10.0 Å².